The Kier molecular flexibility index (Phi) is 3.76. The van der Waals surface area contributed by atoms with E-state index in [1.807, 2.05) is 24.3 Å². The van der Waals surface area contributed by atoms with Crippen molar-refractivity contribution in [2.24, 2.45) is 5.73 Å². The lowest BCUT2D eigenvalue weighted by molar-refractivity contribution is 0.415. The van der Waals surface area contributed by atoms with Crippen LogP contribution in [0.25, 0.3) is 11.3 Å². The smallest absolute Gasteiger partial charge is 0.118 e. The predicted octanol–water partition coefficient (Wildman–Crippen LogP) is 2.63. The van der Waals surface area contributed by atoms with Crippen LogP contribution in [-0.4, -0.2) is 18.6 Å². The lowest BCUT2D eigenvalue weighted by atomic mass is 10.1. The van der Waals surface area contributed by atoms with E-state index in [-0.39, 0.29) is 0 Å². The first-order valence-electron chi connectivity index (χ1n) is 5.55. The average Bonchev–Trinajstić information content (AvgIpc) is 2.71. The maximum atomic E-state index is 5.55. The van der Waals surface area contributed by atoms with Gasteiger partial charge in [-0.3, -0.25) is 0 Å². The van der Waals surface area contributed by atoms with Gasteiger partial charge in [0.1, 0.15) is 5.75 Å². The van der Waals surface area contributed by atoms with E-state index >= 15 is 0 Å². The summed E-state index contributed by atoms with van der Waals surface area (Å²) in [5, 5.41) is 1.11. The second-order valence-electron chi connectivity index (χ2n) is 3.78. The third kappa shape index (κ3) is 2.65. The van der Waals surface area contributed by atoms with Gasteiger partial charge < -0.3 is 10.5 Å². The molecule has 17 heavy (non-hydrogen) atoms. The normalized spacial score (nSPS) is 10.5. The second-order valence-corrected chi connectivity index (χ2v) is 5.07. The molecule has 3 nitrogen and oxygen atoms in total. The Morgan fingerprint density at radius 3 is 2.59 bits per heavy atom. The molecule has 0 aliphatic carbocycles. The van der Waals surface area contributed by atoms with Crippen LogP contribution in [0, 0.1) is 6.92 Å². The lowest BCUT2D eigenvalue weighted by Gasteiger charge is -2.01. The van der Waals surface area contributed by atoms with Crippen LogP contribution in [0.5, 0.6) is 5.75 Å². The molecule has 0 saturated heterocycles. The fourth-order valence-corrected chi connectivity index (χ4v) is 2.67. The molecule has 2 N–H and O–H groups in total. The fraction of sp³-hybridized carbons (Fsp3) is 0.308. The predicted molar refractivity (Wildman–Crippen MR) is 71.6 cm³/mol. The van der Waals surface area contributed by atoms with Crippen molar-refractivity contribution in [3.8, 4) is 17.0 Å². The van der Waals surface area contributed by atoms with Crippen molar-refractivity contribution in [3.63, 3.8) is 0 Å². The van der Waals surface area contributed by atoms with Gasteiger partial charge in [0.05, 0.1) is 17.8 Å². The number of ether oxygens (including phenoxy) is 1. The zero-order valence-electron chi connectivity index (χ0n) is 10.1. The molecule has 0 radical (unpaired) electrons. The van der Waals surface area contributed by atoms with Crippen molar-refractivity contribution in [2.75, 3.05) is 13.7 Å². The topological polar surface area (TPSA) is 48.1 Å². The van der Waals surface area contributed by atoms with E-state index in [0.717, 1.165) is 28.4 Å². The third-order valence-electron chi connectivity index (χ3n) is 2.56. The summed E-state index contributed by atoms with van der Waals surface area (Å²) in [4.78, 5) is 5.86. The van der Waals surface area contributed by atoms with E-state index in [1.165, 1.54) is 4.88 Å². The van der Waals surface area contributed by atoms with Crippen LogP contribution in [0.4, 0.5) is 0 Å². The first-order chi connectivity index (χ1) is 8.24. The Morgan fingerprint density at radius 2 is 2.00 bits per heavy atom. The lowest BCUT2D eigenvalue weighted by Crippen LogP contribution is -2.01. The van der Waals surface area contributed by atoms with Crippen molar-refractivity contribution in [1.29, 1.82) is 0 Å². The summed E-state index contributed by atoms with van der Waals surface area (Å²) < 4.78 is 5.14. The number of hydrogen-bond acceptors (Lipinski definition) is 4. The summed E-state index contributed by atoms with van der Waals surface area (Å²) in [5.41, 5.74) is 7.73. The molecule has 0 fully saturated rings. The molecular weight excluding hydrogens is 232 g/mol. The minimum atomic E-state index is 0.648. The summed E-state index contributed by atoms with van der Waals surface area (Å²) >= 11 is 1.72. The van der Waals surface area contributed by atoms with Gasteiger partial charge in [0.15, 0.2) is 0 Å². The van der Waals surface area contributed by atoms with Crippen molar-refractivity contribution >= 4 is 11.3 Å². The van der Waals surface area contributed by atoms with Crippen molar-refractivity contribution in [1.82, 2.24) is 4.98 Å². The van der Waals surface area contributed by atoms with Crippen LogP contribution in [0.1, 0.15) is 9.88 Å². The highest BCUT2D eigenvalue weighted by Crippen LogP contribution is 2.28. The van der Waals surface area contributed by atoms with Gasteiger partial charge in [-0.2, -0.15) is 0 Å². The molecule has 0 amide bonds. The van der Waals surface area contributed by atoms with E-state index in [1.54, 1.807) is 18.4 Å². The molecule has 4 heteroatoms. The summed E-state index contributed by atoms with van der Waals surface area (Å²) in [5.74, 6) is 0.865. The maximum absolute atomic E-state index is 5.55. The highest BCUT2D eigenvalue weighted by Gasteiger charge is 2.09. The zero-order valence-corrected chi connectivity index (χ0v) is 10.9. The maximum Gasteiger partial charge on any atom is 0.118 e. The van der Waals surface area contributed by atoms with Gasteiger partial charge in [-0.05, 0) is 37.7 Å². The molecule has 0 unspecified atom stereocenters. The Morgan fingerprint density at radius 1 is 1.29 bits per heavy atom. The van der Waals surface area contributed by atoms with Crippen LogP contribution in [0.2, 0.25) is 0 Å². The number of rotatable bonds is 4. The average molecular weight is 248 g/mol. The SMILES string of the molecule is COc1ccc(-c2nc(CCN)sc2C)cc1. The monoisotopic (exact) mass is 248 g/mol. The Hall–Kier alpha value is -1.39. The number of aryl methyl sites for hydroxylation is 1. The highest BCUT2D eigenvalue weighted by atomic mass is 32.1. The number of methoxy groups -OCH3 is 1. The van der Waals surface area contributed by atoms with Crippen LogP contribution < -0.4 is 10.5 Å². The minimum absolute atomic E-state index is 0.648. The largest absolute Gasteiger partial charge is 0.497 e. The molecule has 0 saturated carbocycles. The van der Waals surface area contributed by atoms with Gasteiger partial charge in [0, 0.05) is 16.9 Å². The van der Waals surface area contributed by atoms with Crippen molar-refractivity contribution in [3.05, 3.63) is 34.2 Å². The van der Waals surface area contributed by atoms with E-state index < -0.39 is 0 Å². The summed E-state index contributed by atoms with van der Waals surface area (Å²) in [6.07, 6.45) is 0.849. The van der Waals surface area contributed by atoms with Gasteiger partial charge in [-0.25, -0.2) is 4.98 Å². The van der Waals surface area contributed by atoms with Crippen molar-refractivity contribution in [2.45, 2.75) is 13.3 Å². The fourth-order valence-electron chi connectivity index (χ4n) is 1.70. The van der Waals surface area contributed by atoms with Gasteiger partial charge >= 0.3 is 0 Å². The third-order valence-corrected chi connectivity index (χ3v) is 3.59. The molecule has 1 aromatic carbocycles. The standard InChI is InChI=1S/C13H16N2OS/c1-9-13(15-12(17-9)7-8-14)10-3-5-11(16-2)6-4-10/h3-6H,7-8,14H2,1-2H3. The Bertz CT molecular complexity index is 491. The molecular formula is C13H16N2OS. The number of aromatic nitrogens is 1. The molecule has 90 valence electrons. The van der Waals surface area contributed by atoms with Crippen LogP contribution in [0.15, 0.2) is 24.3 Å². The number of benzene rings is 1. The summed E-state index contributed by atoms with van der Waals surface area (Å²) in [7, 11) is 1.67. The minimum Gasteiger partial charge on any atom is -0.497 e. The molecule has 0 spiro atoms. The van der Waals surface area contributed by atoms with Gasteiger partial charge in [0.2, 0.25) is 0 Å². The first-order valence-corrected chi connectivity index (χ1v) is 6.37. The Labute approximate surface area is 105 Å². The summed E-state index contributed by atoms with van der Waals surface area (Å²) in [6.45, 7) is 2.74. The van der Waals surface area contributed by atoms with Crippen LogP contribution >= 0.6 is 11.3 Å². The Balaban J connectivity index is 2.31. The highest BCUT2D eigenvalue weighted by molar-refractivity contribution is 7.12. The van der Waals surface area contributed by atoms with E-state index in [9.17, 15) is 0 Å². The molecule has 2 aromatic rings. The van der Waals surface area contributed by atoms with Gasteiger partial charge in [-0.1, -0.05) is 0 Å². The number of nitrogens with zero attached hydrogens (tertiary/aromatic N) is 1. The molecule has 1 aromatic heterocycles. The number of nitrogens with two attached hydrogens (primary N) is 1. The van der Waals surface area contributed by atoms with Gasteiger partial charge in [-0.15, -0.1) is 11.3 Å². The number of hydrogen-bond donors (Lipinski definition) is 1. The molecule has 0 bridgehead atoms. The van der Waals surface area contributed by atoms with E-state index in [4.69, 9.17) is 10.5 Å². The van der Waals surface area contributed by atoms with Crippen LogP contribution in [0.3, 0.4) is 0 Å². The van der Waals surface area contributed by atoms with Gasteiger partial charge in [0.25, 0.3) is 0 Å². The quantitative estimate of drug-likeness (QED) is 0.904. The van der Waals surface area contributed by atoms with E-state index in [0.29, 0.717) is 6.54 Å². The molecule has 1 heterocycles. The molecule has 0 atom stereocenters. The van der Waals surface area contributed by atoms with Crippen molar-refractivity contribution < 1.29 is 4.74 Å². The van der Waals surface area contributed by atoms with E-state index in [2.05, 4.69) is 11.9 Å². The first kappa shape index (κ1) is 12.1. The summed E-state index contributed by atoms with van der Waals surface area (Å²) in [6, 6.07) is 7.98. The van der Waals surface area contributed by atoms with Crippen LogP contribution in [-0.2, 0) is 6.42 Å². The molecule has 0 aliphatic heterocycles. The molecule has 2 rings (SSSR count). The molecule has 0 aliphatic rings. The second kappa shape index (κ2) is 5.29. The number of thiazole rings is 1. The zero-order chi connectivity index (χ0) is 12.3.